The van der Waals surface area contributed by atoms with E-state index in [1.165, 1.54) is 37.5 Å². The molecule has 2 heterocycles. The van der Waals surface area contributed by atoms with Crippen molar-refractivity contribution in [2.45, 2.75) is 34.2 Å². The number of para-hydroxylation sites is 1. The maximum atomic E-state index is 6.13. The fourth-order valence-corrected chi connectivity index (χ4v) is 4.56. The minimum Gasteiger partial charge on any atom is -0.456 e. The maximum Gasteiger partial charge on any atom is 0.266 e. The van der Waals surface area contributed by atoms with Crippen LogP contribution in [0.15, 0.2) is 48.2 Å². The highest BCUT2D eigenvalue weighted by Crippen LogP contribution is 2.34. The number of aromatic nitrogens is 1. The van der Waals surface area contributed by atoms with Crippen LogP contribution < -0.4 is 9.30 Å². The maximum absolute atomic E-state index is 6.13. The molecule has 126 valence electrons. The molecule has 0 bridgehead atoms. The van der Waals surface area contributed by atoms with E-state index in [0.717, 1.165) is 18.1 Å². The predicted octanol–water partition coefficient (Wildman–Crippen LogP) is 5.66. The lowest BCUT2D eigenvalue weighted by molar-refractivity contribution is -0.665. The summed E-state index contributed by atoms with van der Waals surface area (Å²) in [5.41, 5.74) is 6.40. The molecule has 0 saturated carbocycles. The summed E-state index contributed by atoms with van der Waals surface area (Å²) >= 11 is 1.82. The van der Waals surface area contributed by atoms with Crippen molar-refractivity contribution >= 4 is 33.2 Å². The Hall–Kier alpha value is -2.39. The predicted molar refractivity (Wildman–Crippen MR) is 106 cm³/mol. The first-order valence-corrected chi connectivity index (χ1v) is 9.49. The molecule has 0 saturated heterocycles. The highest BCUT2D eigenvalue weighted by Gasteiger charge is 2.21. The number of ether oxygens (including phenoxy) is 1. The standard InChI is InChI=1S/C22H22NOS/c1-5-23-19-11-14(2)15(3)12-21(19)25-22(23)13-17-10-16(4)18-8-6-7-9-20(18)24-17/h6-13H,5H2,1-4H3/q+1. The molecule has 3 aromatic rings. The molecule has 0 N–H and O–H groups in total. The average molecular weight is 348 g/mol. The third-order valence-electron chi connectivity index (χ3n) is 4.83. The van der Waals surface area contributed by atoms with Crippen molar-refractivity contribution in [3.63, 3.8) is 0 Å². The second-order valence-electron chi connectivity index (χ2n) is 6.56. The highest BCUT2D eigenvalue weighted by atomic mass is 32.1. The third-order valence-corrected chi connectivity index (χ3v) is 5.92. The van der Waals surface area contributed by atoms with Crippen LogP contribution in [-0.2, 0) is 6.54 Å². The molecule has 2 nitrogen and oxygen atoms in total. The van der Waals surface area contributed by atoms with Crippen LogP contribution in [0.1, 0.15) is 35.5 Å². The fourth-order valence-electron chi connectivity index (χ4n) is 3.31. The van der Waals surface area contributed by atoms with Gasteiger partial charge in [-0.3, -0.25) is 0 Å². The van der Waals surface area contributed by atoms with E-state index in [1.54, 1.807) is 0 Å². The molecule has 0 aliphatic carbocycles. The molecule has 0 amide bonds. The van der Waals surface area contributed by atoms with E-state index in [-0.39, 0.29) is 0 Å². The number of benzene rings is 2. The molecule has 1 aliphatic heterocycles. The number of thiazole rings is 1. The van der Waals surface area contributed by atoms with Gasteiger partial charge in [0.15, 0.2) is 0 Å². The van der Waals surface area contributed by atoms with Crippen LogP contribution in [0.5, 0.6) is 5.75 Å². The SMILES string of the molecule is CC[n+]1c(C=C2C=C(C)c3ccccc3O2)sc2cc(C)c(C)cc21. The molecule has 0 spiro atoms. The van der Waals surface area contributed by atoms with E-state index >= 15 is 0 Å². The molecule has 1 aliphatic rings. The van der Waals surface area contributed by atoms with Gasteiger partial charge in [0.1, 0.15) is 22.8 Å². The van der Waals surface area contributed by atoms with Gasteiger partial charge in [0.25, 0.3) is 5.01 Å². The van der Waals surface area contributed by atoms with Gasteiger partial charge in [-0.1, -0.05) is 29.5 Å². The summed E-state index contributed by atoms with van der Waals surface area (Å²) in [4.78, 5) is 0. The minimum absolute atomic E-state index is 0.901. The molecule has 2 aromatic carbocycles. The number of rotatable bonds is 2. The molecule has 0 atom stereocenters. The van der Waals surface area contributed by atoms with E-state index in [0.29, 0.717) is 0 Å². The molecule has 3 heteroatoms. The molecule has 25 heavy (non-hydrogen) atoms. The zero-order chi connectivity index (χ0) is 17.6. The van der Waals surface area contributed by atoms with Gasteiger partial charge in [-0.25, -0.2) is 0 Å². The first kappa shape index (κ1) is 16.1. The van der Waals surface area contributed by atoms with Crippen molar-refractivity contribution < 1.29 is 9.30 Å². The normalized spacial score (nSPS) is 15.2. The van der Waals surface area contributed by atoms with Crippen molar-refractivity contribution in [1.82, 2.24) is 0 Å². The van der Waals surface area contributed by atoms with Gasteiger partial charge in [0, 0.05) is 11.6 Å². The van der Waals surface area contributed by atoms with Gasteiger partial charge in [0.05, 0.1) is 6.08 Å². The summed E-state index contributed by atoms with van der Waals surface area (Å²) in [5, 5.41) is 1.22. The Kier molecular flexibility index (Phi) is 3.97. The lowest BCUT2D eigenvalue weighted by Gasteiger charge is -2.17. The van der Waals surface area contributed by atoms with E-state index in [4.69, 9.17) is 4.74 Å². The van der Waals surface area contributed by atoms with Gasteiger partial charge in [-0.2, -0.15) is 4.57 Å². The average Bonchev–Trinajstić information content (AvgIpc) is 2.91. The quantitative estimate of drug-likeness (QED) is 0.544. The van der Waals surface area contributed by atoms with Gasteiger partial charge in [0.2, 0.25) is 5.52 Å². The molecule has 0 radical (unpaired) electrons. The van der Waals surface area contributed by atoms with E-state index in [2.05, 4.69) is 68.7 Å². The number of aryl methyl sites for hydroxylation is 3. The summed E-state index contributed by atoms with van der Waals surface area (Å²) in [7, 11) is 0. The Morgan fingerprint density at radius 1 is 1.08 bits per heavy atom. The second-order valence-corrected chi connectivity index (χ2v) is 7.62. The van der Waals surface area contributed by atoms with Crippen LogP contribution in [-0.4, -0.2) is 0 Å². The molecule has 0 unspecified atom stereocenters. The Labute approximate surface area is 152 Å². The first-order valence-electron chi connectivity index (χ1n) is 8.67. The number of nitrogens with zero attached hydrogens (tertiary/aromatic N) is 1. The van der Waals surface area contributed by atoms with Crippen molar-refractivity contribution in [3.05, 3.63) is 69.9 Å². The molecule has 4 rings (SSSR count). The Bertz CT molecular complexity index is 1040. The summed E-state index contributed by atoms with van der Waals surface area (Å²) in [6, 6.07) is 12.8. The summed E-state index contributed by atoms with van der Waals surface area (Å²) in [6.45, 7) is 9.64. The van der Waals surface area contributed by atoms with Crippen LogP contribution in [0.25, 0.3) is 21.9 Å². The Balaban J connectivity index is 1.83. The minimum atomic E-state index is 0.901. The molecule has 0 fully saturated rings. The topological polar surface area (TPSA) is 13.1 Å². The van der Waals surface area contributed by atoms with E-state index in [9.17, 15) is 0 Å². The smallest absolute Gasteiger partial charge is 0.266 e. The molecular weight excluding hydrogens is 326 g/mol. The van der Waals surface area contributed by atoms with Crippen molar-refractivity contribution in [1.29, 1.82) is 0 Å². The van der Waals surface area contributed by atoms with Crippen molar-refractivity contribution in [3.8, 4) is 5.75 Å². The number of hydrogen-bond acceptors (Lipinski definition) is 2. The zero-order valence-corrected chi connectivity index (χ0v) is 15.9. The fraction of sp³-hybridized carbons (Fsp3) is 0.227. The Morgan fingerprint density at radius 2 is 1.84 bits per heavy atom. The van der Waals surface area contributed by atoms with Gasteiger partial charge < -0.3 is 4.74 Å². The van der Waals surface area contributed by atoms with Gasteiger partial charge in [-0.15, -0.1) is 0 Å². The molecular formula is C22H22NOS+. The summed E-state index contributed by atoms with van der Waals surface area (Å²) in [6.07, 6.45) is 4.29. The lowest BCUT2D eigenvalue weighted by Crippen LogP contribution is -2.33. The summed E-state index contributed by atoms with van der Waals surface area (Å²) in [5.74, 6) is 1.84. The second kappa shape index (κ2) is 6.16. The largest absolute Gasteiger partial charge is 0.456 e. The lowest BCUT2D eigenvalue weighted by atomic mass is 10.0. The van der Waals surface area contributed by atoms with Gasteiger partial charge in [-0.05, 0) is 62.6 Å². The highest BCUT2D eigenvalue weighted by molar-refractivity contribution is 7.18. The van der Waals surface area contributed by atoms with Crippen molar-refractivity contribution in [2.75, 3.05) is 0 Å². The van der Waals surface area contributed by atoms with E-state index in [1.807, 2.05) is 23.5 Å². The van der Waals surface area contributed by atoms with Crippen LogP contribution in [0.2, 0.25) is 0 Å². The van der Waals surface area contributed by atoms with Crippen molar-refractivity contribution in [2.24, 2.45) is 0 Å². The monoisotopic (exact) mass is 348 g/mol. The van der Waals surface area contributed by atoms with Crippen LogP contribution in [0.3, 0.4) is 0 Å². The van der Waals surface area contributed by atoms with E-state index < -0.39 is 0 Å². The molecule has 1 aromatic heterocycles. The Morgan fingerprint density at radius 3 is 2.64 bits per heavy atom. The number of fused-ring (bicyclic) bond motifs is 2. The number of hydrogen-bond donors (Lipinski definition) is 0. The number of allylic oxidation sites excluding steroid dienone is 2. The van der Waals surface area contributed by atoms with Crippen LogP contribution >= 0.6 is 11.3 Å². The summed E-state index contributed by atoms with van der Waals surface area (Å²) < 4.78 is 9.82. The third kappa shape index (κ3) is 2.79. The van der Waals surface area contributed by atoms with Crippen LogP contribution in [0, 0.1) is 13.8 Å². The first-order chi connectivity index (χ1) is 12.1. The van der Waals surface area contributed by atoms with Crippen LogP contribution in [0.4, 0.5) is 0 Å². The zero-order valence-electron chi connectivity index (χ0n) is 15.1. The van der Waals surface area contributed by atoms with Gasteiger partial charge >= 0.3 is 0 Å².